The zero-order valence-electron chi connectivity index (χ0n) is 10.8. The zero-order valence-corrected chi connectivity index (χ0v) is 10.8. The van der Waals surface area contributed by atoms with E-state index in [1.54, 1.807) is 32.4 Å². The van der Waals surface area contributed by atoms with Crippen LogP contribution in [0, 0.1) is 5.41 Å². The van der Waals surface area contributed by atoms with Crippen LogP contribution >= 0.6 is 0 Å². The lowest BCUT2D eigenvalue weighted by atomic mass is 10.2. The van der Waals surface area contributed by atoms with Crippen LogP contribution in [0.1, 0.15) is 27.7 Å². The summed E-state index contributed by atoms with van der Waals surface area (Å²) in [5.74, 6) is 0.636. The molecule has 0 atom stereocenters. The van der Waals surface area contributed by atoms with Crippen molar-refractivity contribution in [3.63, 3.8) is 0 Å². The fraction of sp³-hybridized carbons (Fsp3) is 0.417. The Balaban J connectivity index is 4.95. The van der Waals surface area contributed by atoms with Gasteiger partial charge in [-0.25, -0.2) is 0 Å². The number of nitrogens with one attached hydrogen (secondary N) is 2. The minimum Gasteiger partial charge on any atom is -0.362 e. The monoisotopic (exact) mass is 236 g/mol. The number of hydrogen-bond acceptors (Lipinski definition) is 4. The molecule has 2 N–H and O–H groups in total. The lowest BCUT2D eigenvalue weighted by Crippen LogP contribution is -2.11. The Morgan fingerprint density at radius 3 is 2.65 bits per heavy atom. The number of rotatable bonds is 7. The molecule has 5 nitrogen and oxygen atoms in total. The molecule has 0 saturated heterocycles. The van der Waals surface area contributed by atoms with Gasteiger partial charge in [-0.3, -0.25) is 10.4 Å². The van der Waals surface area contributed by atoms with E-state index in [4.69, 9.17) is 10.2 Å². The van der Waals surface area contributed by atoms with E-state index < -0.39 is 0 Å². The maximum absolute atomic E-state index is 7.07. The van der Waals surface area contributed by atoms with Gasteiger partial charge in [-0.2, -0.15) is 0 Å². The average molecular weight is 236 g/mol. The molecule has 0 aliphatic carbocycles. The molecule has 0 spiro atoms. The van der Waals surface area contributed by atoms with Crippen LogP contribution in [0.3, 0.4) is 0 Å². The van der Waals surface area contributed by atoms with Crippen LogP contribution in [-0.2, 0) is 4.84 Å². The lowest BCUT2D eigenvalue weighted by Gasteiger charge is -2.05. The van der Waals surface area contributed by atoms with Crippen LogP contribution in [0.2, 0.25) is 0 Å². The molecule has 94 valence electrons. The second kappa shape index (κ2) is 9.33. The molecular weight excluding hydrogens is 216 g/mol. The zero-order chi connectivity index (χ0) is 13.1. The quantitative estimate of drug-likeness (QED) is 0.234. The van der Waals surface area contributed by atoms with Gasteiger partial charge in [-0.15, -0.1) is 0 Å². The molecule has 0 aromatic rings. The summed E-state index contributed by atoms with van der Waals surface area (Å²) in [7, 11) is 0. The first-order valence-corrected chi connectivity index (χ1v) is 5.45. The van der Waals surface area contributed by atoms with Crippen LogP contribution < -0.4 is 5.32 Å². The Morgan fingerprint density at radius 1 is 1.41 bits per heavy atom. The van der Waals surface area contributed by atoms with Crippen molar-refractivity contribution in [2.45, 2.75) is 27.7 Å². The lowest BCUT2D eigenvalue weighted by molar-refractivity contribution is 0.231. The standard InChI is InChI=1S/C12H20N4O/c1-5-14-8-10(3)12(15-9-13)7-11(4)17-16-6-2/h6-9H,5H2,1-4H3,(H2,13,15)/b11-7+,12-10?,14-8?,16-6+. The minimum absolute atomic E-state index is 0.636. The van der Waals surface area contributed by atoms with Crippen molar-refractivity contribution >= 4 is 18.8 Å². The highest BCUT2D eigenvalue weighted by Gasteiger charge is 1.98. The summed E-state index contributed by atoms with van der Waals surface area (Å²) in [4.78, 5) is 9.21. The van der Waals surface area contributed by atoms with Crippen molar-refractivity contribution in [1.29, 1.82) is 5.41 Å². The molecular formula is C12H20N4O. The van der Waals surface area contributed by atoms with E-state index >= 15 is 0 Å². The fourth-order valence-corrected chi connectivity index (χ4v) is 1.01. The van der Waals surface area contributed by atoms with Gasteiger partial charge in [0.05, 0.1) is 6.34 Å². The predicted molar refractivity (Wildman–Crippen MR) is 72.7 cm³/mol. The highest BCUT2D eigenvalue weighted by molar-refractivity contribution is 5.80. The Morgan fingerprint density at radius 2 is 2.12 bits per heavy atom. The van der Waals surface area contributed by atoms with Crippen molar-refractivity contribution in [2.24, 2.45) is 10.1 Å². The Labute approximate surface area is 102 Å². The van der Waals surface area contributed by atoms with Crippen molar-refractivity contribution in [2.75, 3.05) is 6.54 Å². The van der Waals surface area contributed by atoms with E-state index in [0.29, 0.717) is 5.76 Å². The summed E-state index contributed by atoms with van der Waals surface area (Å²) < 4.78 is 0. The summed E-state index contributed by atoms with van der Waals surface area (Å²) >= 11 is 0. The summed E-state index contributed by atoms with van der Waals surface area (Å²) in [6.07, 6.45) is 6.22. The van der Waals surface area contributed by atoms with Crippen molar-refractivity contribution in [3.05, 3.63) is 23.1 Å². The second-order valence-corrected chi connectivity index (χ2v) is 3.22. The molecule has 0 aliphatic heterocycles. The van der Waals surface area contributed by atoms with Crippen LogP contribution in [0.4, 0.5) is 0 Å². The average Bonchev–Trinajstić information content (AvgIpc) is 2.32. The largest absolute Gasteiger partial charge is 0.362 e. The van der Waals surface area contributed by atoms with E-state index in [2.05, 4.69) is 15.5 Å². The summed E-state index contributed by atoms with van der Waals surface area (Å²) in [6.45, 7) is 8.18. The van der Waals surface area contributed by atoms with Gasteiger partial charge < -0.3 is 10.2 Å². The molecule has 0 aromatic heterocycles. The minimum atomic E-state index is 0.636. The third-order valence-electron chi connectivity index (χ3n) is 1.77. The fourth-order valence-electron chi connectivity index (χ4n) is 1.01. The molecule has 0 unspecified atom stereocenters. The molecule has 0 heterocycles. The molecule has 0 amide bonds. The first kappa shape index (κ1) is 15.1. The number of allylic oxidation sites excluding steroid dienone is 3. The van der Waals surface area contributed by atoms with E-state index in [9.17, 15) is 0 Å². The molecule has 0 aromatic carbocycles. The maximum atomic E-state index is 7.07. The SMILES string of the molecule is C/C=N/O/C(C)=C/C(NC=N)=C(C)C=NCC. The summed E-state index contributed by atoms with van der Waals surface area (Å²) in [5, 5.41) is 13.6. The first-order valence-electron chi connectivity index (χ1n) is 5.45. The van der Waals surface area contributed by atoms with E-state index in [0.717, 1.165) is 24.2 Å². The molecule has 0 aliphatic rings. The van der Waals surface area contributed by atoms with Gasteiger partial charge in [-0.1, -0.05) is 5.16 Å². The number of oxime groups is 1. The number of hydrogen-bond donors (Lipinski definition) is 2. The summed E-state index contributed by atoms with van der Waals surface area (Å²) in [5.41, 5.74) is 1.69. The third-order valence-corrected chi connectivity index (χ3v) is 1.77. The predicted octanol–water partition coefficient (Wildman–Crippen LogP) is 2.47. The van der Waals surface area contributed by atoms with Crippen molar-refractivity contribution in [3.8, 4) is 0 Å². The normalized spacial score (nSPS) is 14.0. The smallest absolute Gasteiger partial charge is 0.134 e. The molecule has 0 saturated carbocycles. The summed E-state index contributed by atoms with van der Waals surface area (Å²) in [6, 6.07) is 0. The number of nitrogens with zero attached hydrogens (tertiary/aromatic N) is 2. The van der Waals surface area contributed by atoms with E-state index in [1.165, 1.54) is 0 Å². The molecule has 5 heteroatoms. The maximum Gasteiger partial charge on any atom is 0.134 e. The van der Waals surface area contributed by atoms with Crippen molar-refractivity contribution < 1.29 is 4.84 Å². The van der Waals surface area contributed by atoms with Gasteiger partial charge in [0.1, 0.15) is 5.76 Å². The van der Waals surface area contributed by atoms with Gasteiger partial charge >= 0.3 is 0 Å². The van der Waals surface area contributed by atoms with Gasteiger partial charge in [0.2, 0.25) is 0 Å². The molecule has 0 rings (SSSR count). The first-order chi connectivity index (χ1) is 8.15. The van der Waals surface area contributed by atoms with E-state index in [1.807, 2.05) is 13.8 Å². The molecule has 0 fully saturated rings. The number of aliphatic imine (C=N–C) groups is 1. The molecule has 0 radical (unpaired) electrons. The Bertz CT molecular complexity index is 354. The van der Waals surface area contributed by atoms with Gasteiger partial charge in [-0.05, 0) is 33.3 Å². The van der Waals surface area contributed by atoms with Crippen LogP contribution in [0.25, 0.3) is 0 Å². The molecule has 17 heavy (non-hydrogen) atoms. The Hall–Kier alpha value is -1.91. The van der Waals surface area contributed by atoms with Gasteiger partial charge in [0.15, 0.2) is 0 Å². The molecule has 0 bridgehead atoms. The Kier molecular flexibility index (Phi) is 8.28. The van der Waals surface area contributed by atoms with Gasteiger partial charge in [0.25, 0.3) is 0 Å². The third kappa shape index (κ3) is 7.05. The van der Waals surface area contributed by atoms with E-state index in [-0.39, 0.29) is 0 Å². The van der Waals surface area contributed by atoms with Crippen molar-refractivity contribution in [1.82, 2.24) is 5.32 Å². The highest BCUT2D eigenvalue weighted by Crippen LogP contribution is 2.05. The van der Waals surface area contributed by atoms with Crippen LogP contribution in [-0.4, -0.2) is 25.3 Å². The topological polar surface area (TPSA) is 69.8 Å². The van der Waals surface area contributed by atoms with Crippen LogP contribution in [0.5, 0.6) is 0 Å². The second-order valence-electron chi connectivity index (χ2n) is 3.22. The van der Waals surface area contributed by atoms with Gasteiger partial charge in [0, 0.05) is 30.7 Å². The van der Waals surface area contributed by atoms with Crippen LogP contribution in [0.15, 0.2) is 33.3 Å². The highest BCUT2D eigenvalue weighted by atomic mass is 16.6.